The van der Waals surface area contributed by atoms with Gasteiger partial charge in [0.15, 0.2) is 5.78 Å². The van der Waals surface area contributed by atoms with Gasteiger partial charge in [-0.3, -0.25) is 9.59 Å². The van der Waals surface area contributed by atoms with Crippen LogP contribution < -0.4 is 19.5 Å². The molecule has 0 spiro atoms. The number of ketones is 1. The number of nitrogens with one attached hydrogen (secondary N) is 1. The number of ether oxygens (including phenoxy) is 4. The summed E-state index contributed by atoms with van der Waals surface area (Å²) in [7, 11) is 3.13. The molecule has 1 fully saturated rings. The Hall–Kier alpha value is -4.62. The van der Waals surface area contributed by atoms with Crippen LogP contribution in [0.25, 0.3) is 0 Å². The summed E-state index contributed by atoms with van der Waals surface area (Å²) >= 11 is 0. The van der Waals surface area contributed by atoms with Gasteiger partial charge in [-0.05, 0) is 79.3 Å². The number of carbonyl (C=O) groups is 2. The predicted octanol–water partition coefficient (Wildman–Crippen LogP) is 7.57. The number of carbonyl (C=O) groups excluding carboxylic acids is 2. The van der Waals surface area contributed by atoms with Gasteiger partial charge < -0.3 is 24.3 Å². The molecular weight excluding hydrogens is 542 g/mol. The van der Waals surface area contributed by atoms with Gasteiger partial charge in [0, 0.05) is 23.2 Å². The lowest BCUT2D eigenvalue weighted by molar-refractivity contribution is -0.123. The van der Waals surface area contributed by atoms with Crippen LogP contribution in [-0.2, 0) is 16.1 Å². The van der Waals surface area contributed by atoms with Crippen LogP contribution in [0.15, 0.2) is 103 Å². The van der Waals surface area contributed by atoms with Crippen molar-refractivity contribution in [2.24, 2.45) is 17.8 Å². The van der Waals surface area contributed by atoms with E-state index in [1.165, 1.54) is 0 Å². The maximum atomic E-state index is 13.6. The van der Waals surface area contributed by atoms with Crippen molar-refractivity contribution < 1.29 is 28.5 Å². The van der Waals surface area contributed by atoms with Gasteiger partial charge in [-0.15, -0.1) is 0 Å². The normalized spacial score (nSPS) is 16.4. The minimum atomic E-state index is -0.426. The second-order valence-electron chi connectivity index (χ2n) is 10.8. The number of anilines is 1. The van der Waals surface area contributed by atoms with Crippen LogP contribution >= 0.6 is 0 Å². The smallest absolute Gasteiger partial charge is 0.229 e. The summed E-state index contributed by atoms with van der Waals surface area (Å²) < 4.78 is 22.6. The fourth-order valence-electron chi connectivity index (χ4n) is 5.34. The van der Waals surface area contributed by atoms with Gasteiger partial charge in [-0.1, -0.05) is 48.5 Å². The third-order valence-corrected chi connectivity index (χ3v) is 7.88. The third kappa shape index (κ3) is 8.02. The number of hydrogen-bond donors (Lipinski definition) is 1. The molecule has 1 saturated carbocycles. The second kappa shape index (κ2) is 14.5. The van der Waals surface area contributed by atoms with Crippen LogP contribution in [0.1, 0.15) is 35.2 Å². The van der Waals surface area contributed by atoms with Crippen molar-refractivity contribution in [2.75, 3.05) is 26.1 Å². The highest BCUT2D eigenvalue weighted by atomic mass is 16.5. The van der Waals surface area contributed by atoms with E-state index in [2.05, 4.69) is 5.32 Å². The Morgan fingerprint density at radius 2 is 1.40 bits per heavy atom. The number of hydrogen-bond acceptors (Lipinski definition) is 6. The molecule has 7 heteroatoms. The number of para-hydroxylation sites is 1. The molecule has 4 aromatic rings. The minimum Gasteiger partial charge on any atom is -0.497 e. The number of methoxy groups -OCH3 is 2. The molecule has 0 radical (unpaired) electrons. The van der Waals surface area contributed by atoms with E-state index in [0.717, 1.165) is 24.2 Å². The molecule has 43 heavy (non-hydrogen) atoms. The molecule has 0 saturated heterocycles. The van der Waals surface area contributed by atoms with Gasteiger partial charge in [-0.25, -0.2) is 0 Å². The highest BCUT2D eigenvalue weighted by molar-refractivity contribution is 5.99. The minimum absolute atomic E-state index is 0.0480. The lowest BCUT2D eigenvalue weighted by Gasteiger charge is -2.37. The van der Waals surface area contributed by atoms with Crippen LogP contribution in [0.4, 0.5) is 5.69 Å². The maximum absolute atomic E-state index is 13.6. The molecule has 0 bridgehead atoms. The van der Waals surface area contributed by atoms with Gasteiger partial charge >= 0.3 is 0 Å². The molecule has 4 aromatic carbocycles. The number of Topliss-reactive ketones (excluding diaryl/α,β-unsaturated/α-hetero) is 1. The van der Waals surface area contributed by atoms with E-state index >= 15 is 0 Å². The molecule has 0 heterocycles. The Labute approximate surface area is 252 Å². The molecule has 1 aliphatic rings. The van der Waals surface area contributed by atoms with Crippen molar-refractivity contribution in [3.05, 3.63) is 114 Å². The Balaban J connectivity index is 1.25. The zero-order valence-electron chi connectivity index (χ0n) is 24.5. The first-order valence-corrected chi connectivity index (χ1v) is 14.5. The Morgan fingerprint density at radius 1 is 0.767 bits per heavy atom. The van der Waals surface area contributed by atoms with Crippen LogP contribution in [-0.4, -0.2) is 32.5 Å². The molecule has 5 rings (SSSR count). The van der Waals surface area contributed by atoms with Crippen molar-refractivity contribution in [1.82, 2.24) is 0 Å². The summed E-state index contributed by atoms with van der Waals surface area (Å²) in [4.78, 5) is 27.1. The SMILES string of the molecule is COc1cc(OC)cc(C(=O)C2CCC2CC(COCc2ccccc2)C(=O)Nc2ccc(Oc3ccccc3)cc2)c1. The summed E-state index contributed by atoms with van der Waals surface area (Å²) in [5.74, 6) is 1.96. The zero-order valence-corrected chi connectivity index (χ0v) is 24.5. The molecule has 222 valence electrons. The molecule has 0 aliphatic heterocycles. The second-order valence-corrected chi connectivity index (χ2v) is 10.8. The van der Waals surface area contributed by atoms with Crippen LogP contribution in [0.5, 0.6) is 23.0 Å². The molecule has 3 unspecified atom stereocenters. The molecule has 3 atom stereocenters. The van der Waals surface area contributed by atoms with Crippen molar-refractivity contribution in [3.8, 4) is 23.0 Å². The van der Waals surface area contributed by atoms with Crippen molar-refractivity contribution >= 4 is 17.4 Å². The first-order chi connectivity index (χ1) is 21.0. The fourth-order valence-corrected chi connectivity index (χ4v) is 5.34. The molecule has 1 amide bonds. The number of benzene rings is 4. The first-order valence-electron chi connectivity index (χ1n) is 14.5. The Morgan fingerprint density at radius 3 is 2.00 bits per heavy atom. The van der Waals surface area contributed by atoms with E-state index in [9.17, 15) is 9.59 Å². The molecule has 1 aliphatic carbocycles. The highest BCUT2D eigenvalue weighted by Crippen LogP contribution is 2.42. The van der Waals surface area contributed by atoms with Crippen molar-refractivity contribution in [2.45, 2.75) is 25.9 Å². The first kappa shape index (κ1) is 29.9. The van der Waals surface area contributed by atoms with Gasteiger partial charge in [0.2, 0.25) is 5.91 Å². The van der Waals surface area contributed by atoms with E-state index < -0.39 is 5.92 Å². The zero-order chi connectivity index (χ0) is 30.0. The van der Waals surface area contributed by atoms with E-state index in [-0.39, 0.29) is 30.1 Å². The maximum Gasteiger partial charge on any atom is 0.229 e. The molecular formula is C36H37NO6. The summed E-state index contributed by atoms with van der Waals surface area (Å²) in [6, 6.07) is 32.0. The largest absolute Gasteiger partial charge is 0.497 e. The third-order valence-electron chi connectivity index (χ3n) is 7.88. The van der Waals surface area contributed by atoms with Gasteiger partial charge in [0.25, 0.3) is 0 Å². The van der Waals surface area contributed by atoms with E-state index in [0.29, 0.717) is 41.5 Å². The monoisotopic (exact) mass is 579 g/mol. The number of amides is 1. The Kier molecular flexibility index (Phi) is 10.1. The lowest BCUT2D eigenvalue weighted by Crippen LogP contribution is -2.38. The van der Waals surface area contributed by atoms with E-state index in [1.54, 1.807) is 32.4 Å². The van der Waals surface area contributed by atoms with E-state index in [4.69, 9.17) is 18.9 Å². The lowest BCUT2D eigenvalue weighted by atomic mass is 9.66. The average Bonchev–Trinajstić information content (AvgIpc) is 3.03. The van der Waals surface area contributed by atoms with Crippen LogP contribution in [0.2, 0.25) is 0 Å². The van der Waals surface area contributed by atoms with Gasteiger partial charge in [-0.2, -0.15) is 0 Å². The predicted molar refractivity (Wildman–Crippen MR) is 166 cm³/mol. The quantitative estimate of drug-likeness (QED) is 0.155. The van der Waals surface area contributed by atoms with Crippen molar-refractivity contribution in [1.29, 1.82) is 0 Å². The molecule has 7 nitrogen and oxygen atoms in total. The van der Waals surface area contributed by atoms with Gasteiger partial charge in [0.1, 0.15) is 23.0 Å². The summed E-state index contributed by atoms with van der Waals surface area (Å²) in [6.07, 6.45) is 2.21. The summed E-state index contributed by atoms with van der Waals surface area (Å²) in [5, 5.41) is 3.05. The highest BCUT2D eigenvalue weighted by Gasteiger charge is 2.39. The van der Waals surface area contributed by atoms with Crippen LogP contribution in [0.3, 0.4) is 0 Å². The average molecular weight is 580 g/mol. The fraction of sp³-hybridized carbons (Fsp3) is 0.278. The standard InChI is InChI=1S/C36H37NO6/c1-40-32-20-27(21-33(22-32)41-2)35(38)34-18-13-26(34)19-28(24-42-23-25-9-5-3-6-10-25)36(39)37-29-14-16-31(17-15-29)43-30-11-7-4-8-12-30/h3-12,14-17,20-22,26,28,34H,13,18-19,23-24H2,1-2H3,(H,37,39). The van der Waals surface area contributed by atoms with E-state index in [1.807, 2.05) is 84.9 Å². The Bertz CT molecular complexity index is 1470. The summed E-state index contributed by atoms with van der Waals surface area (Å²) in [6.45, 7) is 0.660. The number of rotatable bonds is 14. The van der Waals surface area contributed by atoms with Crippen molar-refractivity contribution in [3.63, 3.8) is 0 Å². The topological polar surface area (TPSA) is 83.1 Å². The molecule has 0 aromatic heterocycles. The molecule has 1 N–H and O–H groups in total. The summed E-state index contributed by atoms with van der Waals surface area (Å²) in [5.41, 5.74) is 2.27. The van der Waals surface area contributed by atoms with Crippen LogP contribution in [0, 0.1) is 17.8 Å². The van der Waals surface area contributed by atoms with Gasteiger partial charge in [0.05, 0.1) is 33.4 Å².